The van der Waals surface area contributed by atoms with Crippen LogP contribution >= 0.6 is 11.3 Å². The van der Waals surface area contributed by atoms with Crippen LogP contribution in [0.1, 0.15) is 0 Å². The van der Waals surface area contributed by atoms with Gasteiger partial charge in [-0.15, -0.1) is 11.3 Å². The highest BCUT2D eigenvalue weighted by atomic mass is 32.2. The van der Waals surface area contributed by atoms with Crippen LogP contribution in [0.2, 0.25) is 0 Å². The van der Waals surface area contributed by atoms with Crippen LogP contribution < -0.4 is 10.5 Å². The fourth-order valence-corrected chi connectivity index (χ4v) is 3.49. The third-order valence-electron chi connectivity index (χ3n) is 2.57. The maximum absolute atomic E-state index is 13.8. The van der Waals surface area contributed by atoms with Crippen LogP contribution in [0.3, 0.4) is 0 Å². The van der Waals surface area contributed by atoms with Crippen molar-refractivity contribution in [3.8, 4) is 11.3 Å². The maximum Gasteiger partial charge on any atom is 0.236 e. The monoisotopic (exact) mass is 331 g/mol. The smallest absolute Gasteiger partial charge is 0.236 e. The van der Waals surface area contributed by atoms with E-state index in [2.05, 4.69) is 9.71 Å². The molecule has 21 heavy (non-hydrogen) atoms. The van der Waals surface area contributed by atoms with Crippen LogP contribution in [0.25, 0.3) is 11.3 Å². The van der Waals surface area contributed by atoms with E-state index in [1.807, 2.05) is 0 Å². The lowest BCUT2D eigenvalue weighted by atomic mass is 10.1. The number of hydrogen-bond acceptors (Lipinski definition) is 6. The first-order chi connectivity index (χ1) is 9.91. The molecule has 1 heterocycles. The van der Waals surface area contributed by atoms with E-state index in [-0.39, 0.29) is 23.1 Å². The molecule has 6 nitrogen and oxygen atoms in total. The molecule has 2 aromatic rings. The summed E-state index contributed by atoms with van der Waals surface area (Å²) < 4.78 is 44.2. The van der Waals surface area contributed by atoms with Gasteiger partial charge in [-0.3, -0.25) is 4.72 Å². The lowest BCUT2D eigenvalue weighted by Gasteiger charge is -2.04. The third-order valence-corrected chi connectivity index (χ3v) is 4.67. The van der Waals surface area contributed by atoms with Crippen LogP contribution in [-0.2, 0) is 14.8 Å². The van der Waals surface area contributed by atoms with Crippen molar-refractivity contribution < 1.29 is 17.5 Å². The van der Waals surface area contributed by atoms with Gasteiger partial charge in [-0.1, -0.05) is 0 Å². The quantitative estimate of drug-likeness (QED) is 0.789. The van der Waals surface area contributed by atoms with Crippen molar-refractivity contribution in [1.29, 1.82) is 0 Å². The molecule has 0 atom stereocenters. The van der Waals surface area contributed by atoms with E-state index in [1.165, 1.54) is 19.2 Å². The molecule has 9 heteroatoms. The Hall–Kier alpha value is -1.71. The van der Waals surface area contributed by atoms with Crippen LogP contribution in [0, 0.1) is 5.82 Å². The zero-order valence-corrected chi connectivity index (χ0v) is 12.8. The summed E-state index contributed by atoms with van der Waals surface area (Å²) in [6.45, 7) is 0.0835. The van der Waals surface area contributed by atoms with Gasteiger partial charge >= 0.3 is 0 Å². The fourth-order valence-electron chi connectivity index (χ4n) is 1.56. The van der Waals surface area contributed by atoms with Gasteiger partial charge in [0.15, 0.2) is 5.13 Å². The largest absolute Gasteiger partial charge is 0.399 e. The second-order valence-electron chi connectivity index (χ2n) is 4.19. The molecule has 0 radical (unpaired) electrons. The average molecular weight is 331 g/mol. The number of methoxy groups -OCH3 is 1. The molecule has 2 rings (SSSR count). The number of nitrogens with zero attached hydrogens (tertiary/aromatic N) is 1. The number of thiazole rings is 1. The molecule has 1 aromatic carbocycles. The number of nitrogens with one attached hydrogen (secondary N) is 1. The molecule has 0 fully saturated rings. The normalized spacial score (nSPS) is 11.5. The Morgan fingerprint density at radius 3 is 2.90 bits per heavy atom. The summed E-state index contributed by atoms with van der Waals surface area (Å²) in [7, 11) is -2.11. The van der Waals surface area contributed by atoms with Crippen molar-refractivity contribution in [1.82, 2.24) is 4.98 Å². The second-order valence-corrected chi connectivity index (χ2v) is 6.89. The number of halogens is 1. The Bertz CT molecular complexity index is 731. The van der Waals surface area contributed by atoms with Crippen LogP contribution in [0.4, 0.5) is 15.2 Å². The molecule has 1 aromatic heterocycles. The molecule has 0 aliphatic heterocycles. The molecule has 0 bridgehead atoms. The third kappa shape index (κ3) is 4.13. The summed E-state index contributed by atoms with van der Waals surface area (Å²) in [5.74, 6) is -0.677. The van der Waals surface area contributed by atoms with Gasteiger partial charge in [0.1, 0.15) is 5.82 Å². The van der Waals surface area contributed by atoms with Gasteiger partial charge in [0, 0.05) is 23.7 Å². The lowest BCUT2D eigenvalue weighted by Crippen LogP contribution is -2.19. The molecule has 0 saturated carbocycles. The molecular formula is C12H14FN3O3S2. The molecule has 0 unspecified atom stereocenters. The van der Waals surface area contributed by atoms with Gasteiger partial charge in [-0.2, -0.15) is 0 Å². The minimum absolute atomic E-state index is 0.0835. The highest BCUT2D eigenvalue weighted by molar-refractivity contribution is 7.92. The summed E-state index contributed by atoms with van der Waals surface area (Å²) in [5.41, 5.74) is 6.41. The zero-order valence-electron chi connectivity index (χ0n) is 11.2. The van der Waals surface area contributed by atoms with E-state index < -0.39 is 15.8 Å². The van der Waals surface area contributed by atoms with Crippen molar-refractivity contribution in [2.45, 2.75) is 0 Å². The number of rotatable bonds is 6. The van der Waals surface area contributed by atoms with Crippen molar-refractivity contribution in [2.24, 2.45) is 0 Å². The Morgan fingerprint density at radius 1 is 1.48 bits per heavy atom. The SMILES string of the molecule is COCCS(=O)(=O)Nc1nc(-c2ccc(N)cc2F)cs1. The predicted octanol–water partition coefficient (Wildman–Crippen LogP) is 1.92. The summed E-state index contributed by atoms with van der Waals surface area (Å²) >= 11 is 1.08. The van der Waals surface area contributed by atoms with Crippen LogP contribution in [-0.4, -0.2) is 32.9 Å². The molecule has 0 spiro atoms. The number of sulfonamides is 1. The van der Waals surface area contributed by atoms with Gasteiger partial charge in [-0.25, -0.2) is 17.8 Å². The summed E-state index contributed by atoms with van der Waals surface area (Å²) in [6, 6.07) is 4.25. The number of nitrogens with two attached hydrogens (primary N) is 1. The summed E-state index contributed by atoms with van der Waals surface area (Å²) in [4.78, 5) is 4.07. The molecule has 0 amide bonds. The highest BCUT2D eigenvalue weighted by Gasteiger charge is 2.14. The van der Waals surface area contributed by atoms with E-state index in [4.69, 9.17) is 10.5 Å². The lowest BCUT2D eigenvalue weighted by molar-refractivity contribution is 0.217. The van der Waals surface area contributed by atoms with E-state index >= 15 is 0 Å². The van der Waals surface area contributed by atoms with Crippen LogP contribution in [0.15, 0.2) is 23.6 Å². The summed E-state index contributed by atoms with van der Waals surface area (Å²) in [6.07, 6.45) is 0. The topological polar surface area (TPSA) is 94.3 Å². The van der Waals surface area contributed by atoms with E-state index in [9.17, 15) is 12.8 Å². The number of hydrogen-bond donors (Lipinski definition) is 2. The predicted molar refractivity (Wildman–Crippen MR) is 81.2 cm³/mol. The number of nitrogen functional groups attached to an aromatic ring is 1. The first-order valence-corrected chi connectivity index (χ1v) is 8.45. The minimum atomic E-state index is -3.52. The van der Waals surface area contributed by atoms with Crippen molar-refractivity contribution in [2.75, 3.05) is 29.9 Å². The second kappa shape index (κ2) is 6.37. The molecule has 0 aliphatic carbocycles. The van der Waals surface area contributed by atoms with Crippen molar-refractivity contribution >= 4 is 32.2 Å². The Kier molecular flexibility index (Phi) is 4.76. The van der Waals surface area contributed by atoms with E-state index in [1.54, 1.807) is 11.4 Å². The molecule has 114 valence electrons. The van der Waals surface area contributed by atoms with Gasteiger partial charge in [-0.05, 0) is 18.2 Å². The molecule has 0 aliphatic rings. The fraction of sp³-hybridized carbons (Fsp3) is 0.250. The number of benzene rings is 1. The number of ether oxygens (including phenoxy) is 1. The van der Waals surface area contributed by atoms with Crippen molar-refractivity contribution in [3.63, 3.8) is 0 Å². The number of anilines is 2. The minimum Gasteiger partial charge on any atom is -0.399 e. The van der Waals surface area contributed by atoms with Gasteiger partial charge < -0.3 is 10.5 Å². The Labute approximate surface area is 125 Å². The van der Waals surface area contributed by atoms with Gasteiger partial charge in [0.05, 0.1) is 18.1 Å². The maximum atomic E-state index is 13.8. The summed E-state index contributed by atoms with van der Waals surface area (Å²) in [5, 5.41) is 1.75. The Balaban J connectivity index is 2.18. The standard InChI is InChI=1S/C12H14FN3O3S2/c1-19-4-5-21(17,18)16-12-15-11(7-20-12)9-3-2-8(14)6-10(9)13/h2-3,6-7H,4-5,14H2,1H3,(H,15,16). The van der Waals surface area contributed by atoms with E-state index in [0.717, 1.165) is 11.3 Å². The zero-order chi connectivity index (χ0) is 15.5. The first kappa shape index (κ1) is 15.7. The average Bonchev–Trinajstić information content (AvgIpc) is 2.84. The number of aromatic nitrogens is 1. The first-order valence-electron chi connectivity index (χ1n) is 5.91. The van der Waals surface area contributed by atoms with Gasteiger partial charge in [0.2, 0.25) is 10.0 Å². The molecular weight excluding hydrogens is 317 g/mol. The van der Waals surface area contributed by atoms with Crippen LogP contribution in [0.5, 0.6) is 0 Å². The van der Waals surface area contributed by atoms with Crippen molar-refractivity contribution in [3.05, 3.63) is 29.4 Å². The molecule has 0 saturated heterocycles. The Morgan fingerprint density at radius 2 is 2.24 bits per heavy atom. The van der Waals surface area contributed by atoms with E-state index in [0.29, 0.717) is 11.4 Å². The highest BCUT2D eigenvalue weighted by Crippen LogP contribution is 2.28. The van der Waals surface area contributed by atoms with Gasteiger partial charge in [0.25, 0.3) is 0 Å². The molecule has 3 N–H and O–H groups in total.